The van der Waals surface area contributed by atoms with Gasteiger partial charge in [-0.05, 0) is 31.5 Å². The van der Waals surface area contributed by atoms with Crippen molar-refractivity contribution in [2.75, 3.05) is 7.05 Å². The lowest BCUT2D eigenvalue weighted by Gasteiger charge is -2.25. The molecule has 0 fully saturated rings. The molecule has 0 heterocycles. The zero-order valence-corrected chi connectivity index (χ0v) is 11.2. The summed E-state index contributed by atoms with van der Waals surface area (Å²) in [5.41, 5.74) is 0.345. The summed E-state index contributed by atoms with van der Waals surface area (Å²) < 4.78 is 0. The van der Waals surface area contributed by atoms with Crippen LogP contribution in [0.5, 0.6) is 5.75 Å². The SMILES string of the molecule is CCCC(C)N(C)C(=O)c1cc(O)ccc1Cl. The molecule has 1 atom stereocenters. The number of amides is 1. The molecule has 0 aliphatic rings. The molecule has 0 saturated heterocycles. The first-order valence-electron chi connectivity index (χ1n) is 5.73. The van der Waals surface area contributed by atoms with Crippen LogP contribution in [0.1, 0.15) is 37.0 Å². The molecular weight excluding hydrogens is 238 g/mol. The van der Waals surface area contributed by atoms with Crippen LogP contribution in [0.2, 0.25) is 5.02 Å². The van der Waals surface area contributed by atoms with E-state index in [1.807, 2.05) is 6.92 Å². The number of aromatic hydroxyl groups is 1. The summed E-state index contributed by atoms with van der Waals surface area (Å²) in [6, 6.07) is 4.56. The molecule has 1 aromatic carbocycles. The highest BCUT2D eigenvalue weighted by atomic mass is 35.5. The van der Waals surface area contributed by atoms with Crippen LogP contribution in [0, 0.1) is 0 Å². The monoisotopic (exact) mass is 255 g/mol. The summed E-state index contributed by atoms with van der Waals surface area (Å²) in [5.74, 6) is -0.110. The zero-order valence-electron chi connectivity index (χ0n) is 10.4. The van der Waals surface area contributed by atoms with Gasteiger partial charge in [0.15, 0.2) is 0 Å². The van der Waals surface area contributed by atoms with Crippen LogP contribution in [-0.4, -0.2) is 29.0 Å². The van der Waals surface area contributed by atoms with Gasteiger partial charge < -0.3 is 10.0 Å². The molecule has 94 valence electrons. The van der Waals surface area contributed by atoms with E-state index in [9.17, 15) is 9.90 Å². The van der Waals surface area contributed by atoms with Crippen LogP contribution in [0.25, 0.3) is 0 Å². The molecule has 0 saturated carbocycles. The van der Waals surface area contributed by atoms with Crippen molar-refractivity contribution in [2.45, 2.75) is 32.7 Å². The molecule has 0 bridgehead atoms. The van der Waals surface area contributed by atoms with Gasteiger partial charge in [-0.2, -0.15) is 0 Å². The van der Waals surface area contributed by atoms with E-state index >= 15 is 0 Å². The molecule has 0 aliphatic heterocycles. The molecule has 4 heteroatoms. The summed E-state index contributed by atoms with van der Waals surface area (Å²) in [6.07, 6.45) is 1.96. The number of halogens is 1. The molecule has 1 aromatic rings. The third-order valence-electron chi connectivity index (χ3n) is 2.87. The number of nitrogens with zero attached hydrogens (tertiary/aromatic N) is 1. The number of rotatable bonds is 4. The van der Waals surface area contributed by atoms with Crippen molar-refractivity contribution in [1.82, 2.24) is 4.90 Å². The maximum absolute atomic E-state index is 12.2. The van der Waals surface area contributed by atoms with E-state index in [-0.39, 0.29) is 17.7 Å². The number of carbonyl (C=O) groups is 1. The van der Waals surface area contributed by atoms with Gasteiger partial charge in [0.1, 0.15) is 5.75 Å². The molecule has 0 aromatic heterocycles. The van der Waals surface area contributed by atoms with Gasteiger partial charge in [0.25, 0.3) is 5.91 Å². The lowest BCUT2D eigenvalue weighted by Crippen LogP contribution is -2.35. The van der Waals surface area contributed by atoms with E-state index < -0.39 is 0 Å². The number of benzene rings is 1. The fourth-order valence-corrected chi connectivity index (χ4v) is 1.88. The first kappa shape index (κ1) is 13.8. The van der Waals surface area contributed by atoms with Crippen molar-refractivity contribution >= 4 is 17.5 Å². The van der Waals surface area contributed by atoms with Crippen LogP contribution >= 0.6 is 11.6 Å². The Kier molecular flexibility index (Phi) is 4.82. The Morgan fingerprint density at radius 3 is 2.76 bits per heavy atom. The second-order valence-electron chi connectivity index (χ2n) is 4.22. The number of carbonyl (C=O) groups excluding carboxylic acids is 1. The van der Waals surface area contributed by atoms with Crippen molar-refractivity contribution in [1.29, 1.82) is 0 Å². The highest BCUT2D eigenvalue weighted by molar-refractivity contribution is 6.33. The van der Waals surface area contributed by atoms with Gasteiger partial charge in [-0.1, -0.05) is 24.9 Å². The van der Waals surface area contributed by atoms with Crippen LogP contribution in [0.15, 0.2) is 18.2 Å². The second-order valence-corrected chi connectivity index (χ2v) is 4.63. The molecule has 0 radical (unpaired) electrons. The molecule has 1 rings (SSSR count). The van der Waals surface area contributed by atoms with Crippen molar-refractivity contribution in [3.8, 4) is 5.75 Å². The van der Waals surface area contributed by atoms with E-state index in [0.717, 1.165) is 12.8 Å². The fourth-order valence-electron chi connectivity index (χ4n) is 1.68. The molecule has 1 amide bonds. The number of hydrogen-bond donors (Lipinski definition) is 1. The lowest BCUT2D eigenvalue weighted by molar-refractivity contribution is 0.0736. The van der Waals surface area contributed by atoms with Gasteiger partial charge in [-0.3, -0.25) is 4.79 Å². The van der Waals surface area contributed by atoms with Crippen LogP contribution in [0.4, 0.5) is 0 Å². The Bertz CT molecular complexity index is 406. The average Bonchev–Trinajstić information content (AvgIpc) is 2.30. The number of hydrogen-bond acceptors (Lipinski definition) is 2. The largest absolute Gasteiger partial charge is 0.508 e. The third kappa shape index (κ3) is 3.37. The predicted molar refractivity (Wildman–Crippen MR) is 69.6 cm³/mol. The van der Waals surface area contributed by atoms with Gasteiger partial charge >= 0.3 is 0 Å². The molecule has 3 nitrogen and oxygen atoms in total. The normalized spacial score (nSPS) is 12.2. The van der Waals surface area contributed by atoms with Crippen molar-refractivity contribution in [2.24, 2.45) is 0 Å². The fraction of sp³-hybridized carbons (Fsp3) is 0.462. The maximum atomic E-state index is 12.2. The van der Waals surface area contributed by atoms with E-state index in [0.29, 0.717) is 10.6 Å². The van der Waals surface area contributed by atoms with Crippen LogP contribution in [0.3, 0.4) is 0 Å². The van der Waals surface area contributed by atoms with Crippen LogP contribution < -0.4 is 0 Å². The molecule has 1 N–H and O–H groups in total. The molecule has 0 spiro atoms. The molecular formula is C13H18ClNO2. The molecule has 0 aliphatic carbocycles. The predicted octanol–water partition coefficient (Wildman–Crippen LogP) is 3.31. The quantitative estimate of drug-likeness (QED) is 0.897. The van der Waals surface area contributed by atoms with Crippen molar-refractivity contribution in [3.63, 3.8) is 0 Å². The second kappa shape index (κ2) is 5.92. The first-order valence-corrected chi connectivity index (χ1v) is 6.10. The van der Waals surface area contributed by atoms with Crippen molar-refractivity contribution in [3.05, 3.63) is 28.8 Å². The summed E-state index contributed by atoms with van der Waals surface area (Å²) in [5, 5.41) is 9.74. The smallest absolute Gasteiger partial charge is 0.255 e. The molecule has 1 unspecified atom stereocenters. The third-order valence-corrected chi connectivity index (χ3v) is 3.20. The number of phenolic OH excluding ortho intramolecular Hbond substituents is 1. The minimum atomic E-state index is -0.160. The minimum Gasteiger partial charge on any atom is -0.508 e. The van der Waals surface area contributed by atoms with Crippen LogP contribution in [-0.2, 0) is 0 Å². The van der Waals surface area contributed by atoms with Gasteiger partial charge in [0.2, 0.25) is 0 Å². The summed E-state index contributed by atoms with van der Waals surface area (Å²) in [6.45, 7) is 4.08. The van der Waals surface area contributed by atoms with Gasteiger partial charge in [0.05, 0.1) is 10.6 Å². The van der Waals surface area contributed by atoms with E-state index in [1.54, 1.807) is 11.9 Å². The summed E-state index contributed by atoms with van der Waals surface area (Å²) >= 11 is 5.96. The Balaban J connectivity index is 2.92. The Morgan fingerprint density at radius 2 is 2.18 bits per heavy atom. The van der Waals surface area contributed by atoms with Gasteiger partial charge in [-0.15, -0.1) is 0 Å². The van der Waals surface area contributed by atoms with Crippen molar-refractivity contribution < 1.29 is 9.90 Å². The Labute approximate surface area is 107 Å². The standard InChI is InChI=1S/C13H18ClNO2/c1-4-5-9(2)15(3)13(17)11-8-10(16)6-7-12(11)14/h6-9,16H,4-5H2,1-3H3. The molecule has 17 heavy (non-hydrogen) atoms. The topological polar surface area (TPSA) is 40.5 Å². The summed E-state index contributed by atoms with van der Waals surface area (Å²) in [7, 11) is 1.75. The lowest BCUT2D eigenvalue weighted by atomic mass is 10.1. The van der Waals surface area contributed by atoms with E-state index in [2.05, 4.69) is 6.92 Å². The minimum absolute atomic E-state index is 0.0503. The van der Waals surface area contributed by atoms with E-state index in [1.165, 1.54) is 18.2 Å². The highest BCUT2D eigenvalue weighted by Gasteiger charge is 2.19. The average molecular weight is 256 g/mol. The van der Waals surface area contributed by atoms with E-state index in [4.69, 9.17) is 11.6 Å². The Morgan fingerprint density at radius 1 is 1.53 bits per heavy atom. The maximum Gasteiger partial charge on any atom is 0.255 e. The summed E-state index contributed by atoms with van der Waals surface area (Å²) in [4.78, 5) is 13.8. The number of phenols is 1. The highest BCUT2D eigenvalue weighted by Crippen LogP contribution is 2.23. The van der Waals surface area contributed by atoms with Gasteiger partial charge in [-0.25, -0.2) is 0 Å². The zero-order chi connectivity index (χ0) is 13.0. The first-order chi connectivity index (χ1) is 7.97. The Hall–Kier alpha value is -1.22. The van der Waals surface area contributed by atoms with Gasteiger partial charge in [0, 0.05) is 13.1 Å².